The van der Waals surface area contributed by atoms with Crippen molar-refractivity contribution in [1.29, 1.82) is 0 Å². The standard InChI is InChI=1S/C16H18N4O2/c1-10-3-7-14(22-2)13(9-10)18-16(21)12-6-8-15(20-19-12)17-11-4-5-11/h3,6-9,11H,4-5H2,1-2H3,(H,17,20)(H,18,21). The van der Waals surface area contributed by atoms with Crippen LogP contribution in [0.4, 0.5) is 11.5 Å². The van der Waals surface area contributed by atoms with E-state index < -0.39 is 0 Å². The molecule has 6 heteroatoms. The van der Waals surface area contributed by atoms with E-state index in [1.54, 1.807) is 19.2 Å². The Labute approximate surface area is 128 Å². The molecular formula is C16H18N4O2. The van der Waals surface area contributed by atoms with Crippen LogP contribution in [0.25, 0.3) is 0 Å². The fourth-order valence-electron chi connectivity index (χ4n) is 2.07. The SMILES string of the molecule is COc1ccc(C)cc1NC(=O)c1ccc(NC2CC2)nn1. The van der Waals surface area contributed by atoms with Gasteiger partial charge in [0.25, 0.3) is 5.91 Å². The average molecular weight is 298 g/mol. The molecule has 1 aliphatic rings. The van der Waals surface area contributed by atoms with Crippen molar-refractivity contribution in [3.8, 4) is 5.75 Å². The van der Waals surface area contributed by atoms with Crippen molar-refractivity contribution in [3.05, 3.63) is 41.6 Å². The number of carbonyl (C=O) groups excluding carboxylic acids is 1. The zero-order valence-electron chi connectivity index (χ0n) is 12.6. The Bertz CT molecular complexity index is 681. The summed E-state index contributed by atoms with van der Waals surface area (Å²) in [5, 5.41) is 14.0. The highest BCUT2D eigenvalue weighted by Crippen LogP contribution is 2.26. The van der Waals surface area contributed by atoms with Crippen molar-refractivity contribution >= 4 is 17.4 Å². The number of anilines is 2. The largest absolute Gasteiger partial charge is 0.495 e. The summed E-state index contributed by atoms with van der Waals surface area (Å²) < 4.78 is 5.25. The van der Waals surface area contributed by atoms with E-state index in [1.165, 1.54) is 0 Å². The topological polar surface area (TPSA) is 76.1 Å². The van der Waals surface area contributed by atoms with Crippen LogP contribution in [0.3, 0.4) is 0 Å². The molecule has 0 atom stereocenters. The number of hydrogen-bond donors (Lipinski definition) is 2. The van der Waals surface area contributed by atoms with E-state index in [4.69, 9.17) is 4.74 Å². The molecular weight excluding hydrogens is 280 g/mol. The van der Waals surface area contributed by atoms with Gasteiger partial charge in [-0.25, -0.2) is 0 Å². The van der Waals surface area contributed by atoms with E-state index >= 15 is 0 Å². The molecule has 0 aliphatic heterocycles. The maximum absolute atomic E-state index is 12.2. The summed E-state index contributed by atoms with van der Waals surface area (Å²) in [6, 6.07) is 9.54. The predicted molar refractivity (Wildman–Crippen MR) is 84.4 cm³/mol. The van der Waals surface area contributed by atoms with Crippen LogP contribution in [0.1, 0.15) is 28.9 Å². The molecule has 0 radical (unpaired) electrons. The van der Waals surface area contributed by atoms with Crippen LogP contribution in [0.15, 0.2) is 30.3 Å². The van der Waals surface area contributed by atoms with Gasteiger partial charge in [0.1, 0.15) is 11.6 Å². The lowest BCUT2D eigenvalue weighted by Gasteiger charge is -2.10. The molecule has 1 aromatic carbocycles. The molecule has 0 unspecified atom stereocenters. The van der Waals surface area contributed by atoms with Crippen LogP contribution in [-0.4, -0.2) is 29.3 Å². The van der Waals surface area contributed by atoms with Crippen molar-refractivity contribution in [1.82, 2.24) is 10.2 Å². The number of nitrogens with one attached hydrogen (secondary N) is 2. The quantitative estimate of drug-likeness (QED) is 0.887. The lowest BCUT2D eigenvalue weighted by atomic mass is 10.2. The lowest BCUT2D eigenvalue weighted by molar-refractivity contribution is 0.102. The number of hydrogen-bond acceptors (Lipinski definition) is 5. The second kappa shape index (κ2) is 6.01. The molecule has 1 heterocycles. The molecule has 0 spiro atoms. The van der Waals surface area contributed by atoms with E-state index in [9.17, 15) is 4.79 Å². The van der Waals surface area contributed by atoms with Crippen LogP contribution in [0, 0.1) is 6.92 Å². The van der Waals surface area contributed by atoms with Crippen molar-refractivity contribution < 1.29 is 9.53 Å². The van der Waals surface area contributed by atoms with Gasteiger partial charge in [0.2, 0.25) is 0 Å². The molecule has 1 fully saturated rings. The van der Waals surface area contributed by atoms with Crippen molar-refractivity contribution in [2.24, 2.45) is 0 Å². The van der Waals surface area contributed by atoms with Gasteiger partial charge in [-0.3, -0.25) is 4.79 Å². The normalized spacial score (nSPS) is 13.5. The molecule has 6 nitrogen and oxygen atoms in total. The maximum Gasteiger partial charge on any atom is 0.276 e. The van der Waals surface area contributed by atoms with E-state index in [-0.39, 0.29) is 11.6 Å². The molecule has 1 aliphatic carbocycles. The molecule has 3 rings (SSSR count). The first-order chi connectivity index (χ1) is 10.7. The Hall–Kier alpha value is -2.63. The molecule has 1 saturated carbocycles. The fourth-order valence-corrected chi connectivity index (χ4v) is 2.07. The minimum absolute atomic E-state index is 0.268. The Balaban J connectivity index is 1.72. The van der Waals surface area contributed by atoms with E-state index in [0.29, 0.717) is 23.3 Å². The Morgan fingerprint density at radius 2 is 2.05 bits per heavy atom. The summed E-state index contributed by atoms with van der Waals surface area (Å²) in [7, 11) is 1.57. The molecule has 1 aromatic heterocycles. The molecule has 2 N–H and O–H groups in total. The van der Waals surface area contributed by atoms with Crippen molar-refractivity contribution in [3.63, 3.8) is 0 Å². The van der Waals surface area contributed by atoms with Crippen LogP contribution in [0.2, 0.25) is 0 Å². The minimum Gasteiger partial charge on any atom is -0.495 e. The highest BCUT2D eigenvalue weighted by molar-refractivity contribution is 6.03. The first-order valence-corrected chi connectivity index (χ1v) is 7.22. The Morgan fingerprint density at radius 1 is 1.23 bits per heavy atom. The molecule has 0 saturated heterocycles. The van der Waals surface area contributed by atoms with E-state index in [1.807, 2.05) is 25.1 Å². The monoisotopic (exact) mass is 298 g/mol. The summed E-state index contributed by atoms with van der Waals surface area (Å²) in [4.78, 5) is 12.2. The number of aromatic nitrogens is 2. The van der Waals surface area contributed by atoms with Crippen LogP contribution < -0.4 is 15.4 Å². The second-order valence-corrected chi connectivity index (χ2v) is 5.38. The lowest BCUT2D eigenvalue weighted by Crippen LogP contribution is -2.15. The Kier molecular flexibility index (Phi) is 3.91. The predicted octanol–water partition coefficient (Wildman–Crippen LogP) is 2.62. The molecule has 2 aromatic rings. The van der Waals surface area contributed by atoms with Gasteiger partial charge in [-0.15, -0.1) is 10.2 Å². The van der Waals surface area contributed by atoms with Crippen LogP contribution >= 0.6 is 0 Å². The number of ether oxygens (including phenoxy) is 1. The van der Waals surface area contributed by atoms with Crippen LogP contribution in [-0.2, 0) is 0 Å². The third-order valence-corrected chi connectivity index (χ3v) is 3.43. The molecule has 0 bridgehead atoms. The average Bonchev–Trinajstić information content (AvgIpc) is 3.32. The molecule has 114 valence electrons. The third kappa shape index (κ3) is 3.33. The number of amides is 1. The van der Waals surface area contributed by atoms with Gasteiger partial charge in [0.15, 0.2) is 5.69 Å². The van der Waals surface area contributed by atoms with Crippen molar-refractivity contribution in [2.45, 2.75) is 25.8 Å². The highest BCUT2D eigenvalue weighted by Gasteiger charge is 2.21. The van der Waals surface area contributed by atoms with Crippen LogP contribution in [0.5, 0.6) is 5.75 Å². The number of nitrogens with zero attached hydrogens (tertiary/aromatic N) is 2. The highest BCUT2D eigenvalue weighted by atomic mass is 16.5. The summed E-state index contributed by atoms with van der Waals surface area (Å²) in [6.45, 7) is 1.95. The Morgan fingerprint density at radius 3 is 2.68 bits per heavy atom. The number of aryl methyl sites for hydroxylation is 1. The fraction of sp³-hybridized carbons (Fsp3) is 0.312. The number of benzene rings is 1. The number of methoxy groups -OCH3 is 1. The molecule has 22 heavy (non-hydrogen) atoms. The smallest absolute Gasteiger partial charge is 0.276 e. The minimum atomic E-state index is -0.311. The van der Waals surface area contributed by atoms with Gasteiger partial charge in [-0.2, -0.15) is 0 Å². The second-order valence-electron chi connectivity index (χ2n) is 5.38. The van der Waals surface area contributed by atoms with E-state index in [0.717, 1.165) is 18.4 Å². The summed E-state index contributed by atoms with van der Waals surface area (Å²) in [5.41, 5.74) is 1.92. The maximum atomic E-state index is 12.2. The zero-order valence-corrected chi connectivity index (χ0v) is 12.6. The summed E-state index contributed by atoms with van der Waals surface area (Å²) in [5.74, 6) is 1.00. The first-order valence-electron chi connectivity index (χ1n) is 7.22. The first kappa shape index (κ1) is 14.3. The van der Waals surface area contributed by atoms with Gasteiger partial charge in [-0.1, -0.05) is 6.07 Å². The van der Waals surface area contributed by atoms with Gasteiger partial charge < -0.3 is 15.4 Å². The van der Waals surface area contributed by atoms with Gasteiger partial charge in [-0.05, 0) is 49.6 Å². The number of carbonyl (C=O) groups is 1. The van der Waals surface area contributed by atoms with Gasteiger partial charge >= 0.3 is 0 Å². The van der Waals surface area contributed by atoms with Gasteiger partial charge in [0, 0.05) is 6.04 Å². The van der Waals surface area contributed by atoms with E-state index in [2.05, 4.69) is 20.8 Å². The zero-order chi connectivity index (χ0) is 15.5. The van der Waals surface area contributed by atoms with Crippen molar-refractivity contribution in [2.75, 3.05) is 17.7 Å². The molecule has 1 amide bonds. The summed E-state index contributed by atoms with van der Waals surface area (Å²) >= 11 is 0. The summed E-state index contributed by atoms with van der Waals surface area (Å²) in [6.07, 6.45) is 2.33. The third-order valence-electron chi connectivity index (χ3n) is 3.43. The van der Waals surface area contributed by atoms with Gasteiger partial charge in [0.05, 0.1) is 12.8 Å². The number of rotatable bonds is 5.